The number of ether oxygens (including phenoxy) is 1. The van der Waals surface area contributed by atoms with Crippen LogP contribution in [0.25, 0.3) is 0 Å². The molecule has 1 N–H and O–H groups in total. The molecule has 0 fully saturated rings. The predicted molar refractivity (Wildman–Crippen MR) is 59.3 cm³/mol. The smallest absolute Gasteiger partial charge is 0.258 e. The van der Waals surface area contributed by atoms with Gasteiger partial charge in [-0.25, -0.2) is 0 Å². The highest BCUT2D eigenvalue weighted by molar-refractivity contribution is 5.83. The summed E-state index contributed by atoms with van der Waals surface area (Å²) < 4.78 is 5.25. The van der Waals surface area contributed by atoms with Crippen LogP contribution >= 0.6 is 0 Å². The quantitative estimate of drug-likeness (QED) is 0.756. The van der Waals surface area contributed by atoms with E-state index < -0.39 is 17.9 Å². The van der Waals surface area contributed by atoms with Gasteiger partial charge in [-0.15, -0.1) is 0 Å². The Kier molecular flexibility index (Phi) is 4.51. The van der Waals surface area contributed by atoms with Gasteiger partial charge in [0.1, 0.15) is 5.75 Å². The highest BCUT2D eigenvalue weighted by Gasteiger charge is 2.08. The monoisotopic (exact) mass is 236 g/mol. The standard InChI is InChI=1S/C12H15NO4/c1-8-5-3-4-6-10(8)17-7-11(14)13-9(2)12(15)16/h3-6,9H,7H2,1-2H3,(H,13,14)(H,15,16)/p-1/t9-/m1/s1. The van der Waals surface area contributed by atoms with E-state index in [2.05, 4.69) is 5.32 Å². The number of aliphatic carboxylic acids is 1. The van der Waals surface area contributed by atoms with Crippen LogP contribution in [-0.2, 0) is 9.59 Å². The molecule has 1 atom stereocenters. The average Bonchev–Trinajstić information content (AvgIpc) is 2.27. The fraction of sp³-hybridized carbons (Fsp3) is 0.333. The van der Waals surface area contributed by atoms with Gasteiger partial charge in [0.05, 0.1) is 12.0 Å². The van der Waals surface area contributed by atoms with Gasteiger partial charge in [0.15, 0.2) is 6.61 Å². The van der Waals surface area contributed by atoms with Crippen molar-refractivity contribution in [1.29, 1.82) is 0 Å². The number of hydrogen-bond acceptors (Lipinski definition) is 4. The molecule has 5 nitrogen and oxygen atoms in total. The number of benzene rings is 1. The Balaban J connectivity index is 2.44. The lowest BCUT2D eigenvalue weighted by atomic mass is 10.2. The third-order valence-electron chi connectivity index (χ3n) is 2.18. The van der Waals surface area contributed by atoms with Gasteiger partial charge in [-0.05, 0) is 25.5 Å². The second kappa shape index (κ2) is 5.89. The molecule has 0 bridgehead atoms. The van der Waals surface area contributed by atoms with Crippen LogP contribution in [0.5, 0.6) is 5.75 Å². The second-order valence-corrected chi connectivity index (χ2v) is 3.66. The fourth-order valence-corrected chi connectivity index (χ4v) is 1.20. The molecule has 0 unspecified atom stereocenters. The minimum absolute atomic E-state index is 0.220. The molecule has 0 aliphatic rings. The first-order valence-corrected chi connectivity index (χ1v) is 5.19. The van der Waals surface area contributed by atoms with Crippen molar-refractivity contribution in [3.8, 4) is 5.75 Å². The Morgan fingerprint density at radius 3 is 2.65 bits per heavy atom. The molecule has 1 aromatic carbocycles. The van der Waals surface area contributed by atoms with Crippen LogP contribution < -0.4 is 15.2 Å². The summed E-state index contributed by atoms with van der Waals surface area (Å²) in [5.74, 6) is -1.22. The molecule has 0 heterocycles. The van der Waals surface area contributed by atoms with E-state index in [9.17, 15) is 14.7 Å². The maximum Gasteiger partial charge on any atom is 0.258 e. The van der Waals surface area contributed by atoms with Gasteiger partial charge in [-0.3, -0.25) is 4.79 Å². The summed E-state index contributed by atoms with van der Waals surface area (Å²) in [5.41, 5.74) is 0.910. The van der Waals surface area contributed by atoms with Crippen molar-refractivity contribution >= 4 is 11.9 Å². The third kappa shape index (κ3) is 4.14. The van der Waals surface area contributed by atoms with Crippen molar-refractivity contribution in [3.05, 3.63) is 29.8 Å². The van der Waals surface area contributed by atoms with E-state index in [0.717, 1.165) is 5.56 Å². The average molecular weight is 236 g/mol. The summed E-state index contributed by atoms with van der Waals surface area (Å²) in [6.45, 7) is 2.97. The van der Waals surface area contributed by atoms with Crippen molar-refractivity contribution in [1.82, 2.24) is 5.32 Å². The first kappa shape index (κ1) is 13.0. The zero-order valence-electron chi connectivity index (χ0n) is 9.73. The van der Waals surface area contributed by atoms with Crippen LogP contribution in [0.1, 0.15) is 12.5 Å². The summed E-state index contributed by atoms with van der Waals surface area (Å²) in [7, 11) is 0. The molecule has 0 saturated heterocycles. The molecule has 0 aliphatic heterocycles. The molecular formula is C12H14NO4-. The van der Waals surface area contributed by atoms with Gasteiger partial charge in [-0.1, -0.05) is 18.2 Å². The van der Waals surface area contributed by atoms with Crippen molar-refractivity contribution < 1.29 is 19.4 Å². The van der Waals surface area contributed by atoms with E-state index >= 15 is 0 Å². The van der Waals surface area contributed by atoms with Gasteiger partial charge in [0, 0.05) is 0 Å². The molecule has 0 aromatic heterocycles. The summed E-state index contributed by atoms with van der Waals surface area (Å²) in [6, 6.07) is 6.23. The number of aryl methyl sites for hydroxylation is 1. The first-order chi connectivity index (χ1) is 8.00. The third-order valence-corrected chi connectivity index (χ3v) is 2.18. The lowest BCUT2D eigenvalue weighted by Gasteiger charge is -2.15. The Hall–Kier alpha value is -2.04. The summed E-state index contributed by atoms with van der Waals surface area (Å²) in [4.78, 5) is 21.7. The van der Waals surface area contributed by atoms with E-state index in [1.807, 2.05) is 19.1 Å². The van der Waals surface area contributed by atoms with E-state index in [4.69, 9.17) is 4.74 Å². The van der Waals surface area contributed by atoms with Crippen LogP contribution in [-0.4, -0.2) is 24.5 Å². The Labute approximate surface area is 99.4 Å². The van der Waals surface area contributed by atoms with Crippen LogP contribution in [0.2, 0.25) is 0 Å². The van der Waals surface area contributed by atoms with Gasteiger partial charge in [-0.2, -0.15) is 0 Å². The Bertz CT molecular complexity index is 417. The largest absolute Gasteiger partial charge is 0.548 e. The van der Waals surface area contributed by atoms with Crippen molar-refractivity contribution in [3.63, 3.8) is 0 Å². The van der Waals surface area contributed by atoms with E-state index in [0.29, 0.717) is 5.75 Å². The van der Waals surface area contributed by atoms with Crippen LogP contribution in [0.3, 0.4) is 0 Å². The number of amides is 1. The van der Waals surface area contributed by atoms with E-state index in [1.165, 1.54) is 6.92 Å². The molecule has 0 spiro atoms. The maximum absolute atomic E-state index is 11.3. The zero-order valence-corrected chi connectivity index (χ0v) is 9.73. The fourth-order valence-electron chi connectivity index (χ4n) is 1.20. The number of hydrogen-bond donors (Lipinski definition) is 1. The molecule has 1 amide bonds. The minimum atomic E-state index is -1.32. The van der Waals surface area contributed by atoms with Gasteiger partial charge in [0.25, 0.3) is 5.91 Å². The molecule has 17 heavy (non-hydrogen) atoms. The summed E-state index contributed by atoms with van der Waals surface area (Å²) in [5, 5.41) is 12.6. The van der Waals surface area contributed by atoms with Crippen LogP contribution in [0.4, 0.5) is 0 Å². The minimum Gasteiger partial charge on any atom is -0.548 e. The highest BCUT2D eigenvalue weighted by atomic mass is 16.5. The van der Waals surface area contributed by atoms with Gasteiger partial charge >= 0.3 is 0 Å². The molecule has 92 valence electrons. The van der Waals surface area contributed by atoms with E-state index in [1.54, 1.807) is 12.1 Å². The SMILES string of the molecule is Cc1ccccc1OCC(=O)N[C@H](C)C(=O)[O-]. The van der Waals surface area contributed by atoms with Crippen molar-refractivity contribution in [2.45, 2.75) is 19.9 Å². The van der Waals surface area contributed by atoms with Crippen LogP contribution in [0, 0.1) is 6.92 Å². The number of para-hydroxylation sites is 1. The number of carbonyl (C=O) groups excluding carboxylic acids is 2. The maximum atomic E-state index is 11.3. The van der Waals surface area contributed by atoms with Crippen LogP contribution in [0.15, 0.2) is 24.3 Å². The van der Waals surface area contributed by atoms with Crippen molar-refractivity contribution in [2.24, 2.45) is 0 Å². The molecule has 0 saturated carbocycles. The predicted octanol–water partition coefficient (Wildman–Crippen LogP) is -0.372. The molecule has 0 aliphatic carbocycles. The molecule has 0 radical (unpaired) electrons. The second-order valence-electron chi connectivity index (χ2n) is 3.66. The highest BCUT2D eigenvalue weighted by Crippen LogP contribution is 2.15. The normalized spacial score (nSPS) is 11.6. The molecule has 1 rings (SSSR count). The lowest BCUT2D eigenvalue weighted by Crippen LogP contribution is -2.47. The van der Waals surface area contributed by atoms with Crippen molar-refractivity contribution in [2.75, 3.05) is 6.61 Å². The molecule has 1 aromatic rings. The topological polar surface area (TPSA) is 78.5 Å². The van der Waals surface area contributed by atoms with E-state index in [-0.39, 0.29) is 6.61 Å². The number of carbonyl (C=O) groups is 2. The zero-order chi connectivity index (χ0) is 12.8. The first-order valence-electron chi connectivity index (χ1n) is 5.19. The summed E-state index contributed by atoms with van der Waals surface area (Å²) >= 11 is 0. The Morgan fingerprint density at radius 2 is 2.06 bits per heavy atom. The molecular weight excluding hydrogens is 222 g/mol. The number of rotatable bonds is 5. The Morgan fingerprint density at radius 1 is 1.41 bits per heavy atom. The molecule has 5 heteroatoms. The number of nitrogens with one attached hydrogen (secondary N) is 1. The number of carboxylic acids is 1. The lowest BCUT2D eigenvalue weighted by molar-refractivity contribution is -0.307. The van der Waals surface area contributed by atoms with Gasteiger partial charge < -0.3 is 20.0 Å². The van der Waals surface area contributed by atoms with Gasteiger partial charge in [0.2, 0.25) is 0 Å². The number of carboxylic acid groups (broad SMARTS) is 1. The summed E-state index contributed by atoms with van der Waals surface area (Å²) in [6.07, 6.45) is 0.